The smallest absolute Gasteiger partial charge is 0.252 e. The lowest BCUT2D eigenvalue weighted by Crippen LogP contribution is -2.27. The van der Waals surface area contributed by atoms with E-state index >= 15 is 0 Å². The van der Waals surface area contributed by atoms with Gasteiger partial charge in [0.1, 0.15) is 5.01 Å². The van der Waals surface area contributed by atoms with Crippen LogP contribution in [0.15, 0.2) is 16.8 Å². The monoisotopic (exact) mass is 394 g/mol. The van der Waals surface area contributed by atoms with Gasteiger partial charge in [-0.05, 0) is 17.9 Å². The Bertz CT molecular complexity index is 671. The Hall–Kier alpha value is -1.80. The van der Waals surface area contributed by atoms with Crippen molar-refractivity contribution in [1.82, 2.24) is 15.5 Å². The average Bonchev–Trinajstić information content (AvgIpc) is 3.30. The molecule has 2 heterocycles. The summed E-state index contributed by atoms with van der Waals surface area (Å²) in [5.41, 5.74) is 0.624. The van der Waals surface area contributed by atoms with Crippen LogP contribution in [0.25, 0.3) is 0 Å². The fourth-order valence-electron chi connectivity index (χ4n) is 2.43. The van der Waals surface area contributed by atoms with Crippen LogP contribution in [0.3, 0.4) is 0 Å². The van der Waals surface area contributed by atoms with Gasteiger partial charge in [0.25, 0.3) is 5.91 Å². The molecule has 2 rings (SSSR count). The maximum Gasteiger partial charge on any atom is 0.252 e. The SMILES string of the molecule is CCCCCCCCc1nnc(NC(=O)CCNC(=O)c2ccsc2)s1. The molecule has 0 saturated heterocycles. The zero-order valence-electron chi connectivity index (χ0n) is 15.1. The Morgan fingerprint density at radius 1 is 1.12 bits per heavy atom. The molecule has 0 radical (unpaired) electrons. The van der Waals surface area contributed by atoms with Crippen molar-refractivity contribution >= 4 is 39.6 Å². The van der Waals surface area contributed by atoms with Crippen molar-refractivity contribution in [1.29, 1.82) is 0 Å². The number of amides is 2. The van der Waals surface area contributed by atoms with Gasteiger partial charge in [0.2, 0.25) is 11.0 Å². The van der Waals surface area contributed by atoms with Gasteiger partial charge in [-0.2, -0.15) is 11.3 Å². The zero-order valence-corrected chi connectivity index (χ0v) is 16.8. The molecule has 2 aromatic rings. The second kappa shape index (κ2) is 11.7. The first kappa shape index (κ1) is 20.5. The molecule has 0 aliphatic carbocycles. The van der Waals surface area contributed by atoms with Crippen molar-refractivity contribution in [2.45, 2.75) is 58.3 Å². The van der Waals surface area contributed by atoms with Gasteiger partial charge >= 0.3 is 0 Å². The van der Waals surface area contributed by atoms with Crippen molar-refractivity contribution in [3.05, 3.63) is 27.4 Å². The molecule has 0 aliphatic heterocycles. The number of unbranched alkanes of at least 4 members (excludes halogenated alkanes) is 5. The minimum Gasteiger partial charge on any atom is -0.351 e. The number of hydrogen-bond donors (Lipinski definition) is 2. The number of aromatic nitrogens is 2. The number of aryl methyl sites for hydroxylation is 1. The first-order valence-electron chi connectivity index (χ1n) is 9.11. The highest BCUT2D eigenvalue weighted by atomic mass is 32.1. The Morgan fingerprint density at radius 3 is 2.69 bits per heavy atom. The number of nitrogens with zero attached hydrogens (tertiary/aromatic N) is 2. The Labute approximate surface area is 162 Å². The van der Waals surface area contributed by atoms with Crippen LogP contribution in [0, 0.1) is 0 Å². The van der Waals surface area contributed by atoms with Crippen LogP contribution >= 0.6 is 22.7 Å². The van der Waals surface area contributed by atoms with Crippen molar-refractivity contribution in [3.8, 4) is 0 Å². The third-order valence-corrected chi connectivity index (χ3v) is 5.46. The van der Waals surface area contributed by atoms with Gasteiger partial charge in [0.05, 0.1) is 0 Å². The topological polar surface area (TPSA) is 84.0 Å². The van der Waals surface area contributed by atoms with Gasteiger partial charge in [0.15, 0.2) is 0 Å². The molecule has 0 spiro atoms. The molecular formula is C18H26N4O2S2. The van der Waals surface area contributed by atoms with E-state index in [-0.39, 0.29) is 18.2 Å². The van der Waals surface area contributed by atoms with E-state index in [0.29, 0.717) is 17.2 Å². The number of hydrogen-bond acceptors (Lipinski definition) is 6. The van der Waals surface area contributed by atoms with E-state index in [1.807, 2.05) is 5.38 Å². The molecule has 0 atom stereocenters. The fourth-order valence-corrected chi connectivity index (χ4v) is 3.86. The number of carbonyl (C=O) groups is 2. The molecule has 0 unspecified atom stereocenters. The van der Waals surface area contributed by atoms with Crippen molar-refractivity contribution in [3.63, 3.8) is 0 Å². The maximum absolute atomic E-state index is 11.9. The second-order valence-electron chi connectivity index (χ2n) is 6.08. The van der Waals surface area contributed by atoms with Crippen molar-refractivity contribution in [2.24, 2.45) is 0 Å². The van der Waals surface area contributed by atoms with Gasteiger partial charge in [0, 0.05) is 30.3 Å². The minimum absolute atomic E-state index is 0.156. The first-order valence-corrected chi connectivity index (χ1v) is 10.9. The molecular weight excluding hydrogens is 368 g/mol. The molecule has 0 aromatic carbocycles. The lowest BCUT2D eigenvalue weighted by Gasteiger charge is -2.03. The zero-order chi connectivity index (χ0) is 18.6. The summed E-state index contributed by atoms with van der Waals surface area (Å²) in [5, 5.41) is 18.7. The van der Waals surface area contributed by atoms with Crippen LogP contribution in [0.5, 0.6) is 0 Å². The number of nitrogens with one attached hydrogen (secondary N) is 2. The molecule has 0 bridgehead atoms. The van der Waals surface area contributed by atoms with Gasteiger partial charge in [-0.1, -0.05) is 50.4 Å². The summed E-state index contributed by atoms with van der Waals surface area (Å²) in [6.07, 6.45) is 8.59. The third kappa shape index (κ3) is 7.61. The summed E-state index contributed by atoms with van der Waals surface area (Å²) >= 11 is 2.90. The Balaban J connectivity index is 1.60. The average molecular weight is 395 g/mol. The van der Waals surface area contributed by atoms with Crippen LogP contribution in [-0.2, 0) is 11.2 Å². The fraction of sp³-hybridized carbons (Fsp3) is 0.556. The maximum atomic E-state index is 11.9. The molecule has 2 aromatic heterocycles. The highest BCUT2D eigenvalue weighted by Crippen LogP contribution is 2.18. The summed E-state index contributed by atoms with van der Waals surface area (Å²) in [6, 6.07) is 1.76. The van der Waals surface area contributed by atoms with Crippen LogP contribution in [0.2, 0.25) is 0 Å². The first-order chi connectivity index (χ1) is 12.7. The molecule has 2 amide bonds. The lowest BCUT2D eigenvalue weighted by molar-refractivity contribution is -0.116. The van der Waals surface area contributed by atoms with Gasteiger partial charge in [-0.3, -0.25) is 9.59 Å². The number of carbonyl (C=O) groups excluding carboxylic acids is 2. The van der Waals surface area contributed by atoms with E-state index in [4.69, 9.17) is 0 Å². The van der Waals surface area contributed by atoms with E-state index in [0.717, 1.165) is 17.8 Å². The van der Waals surface area contributed by atoms with Gasteiger partial charge in [-0.25, -0.2) is 0 Å². The van der Waals surface area contributed by atoms with Gasteiger partial charge < -0.3 is 10.6 Å². The molecule has 0 aliphatic rings. The normalized spacial score (nSPS) is 10.7. The molecule has 2 N–H and O–H groups in total. The highest BCUT2D eigenvalue weighted by Gasteiger charge is 2.10. The summed E-state index contributed by atoms with van der Waals surface area (Å²) in [5.74, 6) is -0.325. The van der Waals surface area contributed by atoms with E-state index < -0.39 is 0 Å². The predicted octanol–water partition coefficient (Wildman–Crippen LogP) is 4.26. The molecule has 0 saturated carbocycles. The quantitative estimate of drug-likeness (QED) is 0.527. The molecule has 26 heavy (non-hydrogen) atoms. The van der Waals surface area contributed by atoms with Crippen LogP contribution in [-0.4, -0.2) is 28.6 Å². The van der Waals surface area contributed by atoms with E-state index in [9.17, 15) is 9.59 Å². The number of thiophene rings is 1. The minimum atomic E-state index is -0.169. The third-order valence-electron chi connectivity index (χ3n) is 3.88. The highest BCUT2D eigenvalue weighted by molar-refractivity contribution is 7.15. The van der Waals surface area contributed by atoms with E-state index in [1.165, 1.54) is 54.8 Å². The summed E-state index contributed by atoms with van der Waals surface area (Å²) < 4.78 is 0. The summed E-state index contributed by atoms with van der Waals surface area (Å²) in [4.78, 5) is 23.7. The molecule has 8 heteroatoms. The lowest BCUT2D eigenvalue weighted by atomic mass is 10.1. The summed E-state index contributed by atoms with van der Waals surface area (Å²) in [7, 11) is 0. The van der Waals surface area contributed by atoms with Gasteiger partial charge in [-0.15, -0.1) is 10.2 Å². The van der Waals surface area contributed by atoms with E-state index in [1.54, 1.807) is 11.4 Å². The largest absolute Gasteiger partial charge is 0.351 e. The van der Waals surface area contributed by atoms with Crippen LogP contribution < -0.4 is 10.6 Å². The molecule has 6 nitrogen and oxygen atoms in total. The van der Waals surface area contributed by atoms with Crippen molar-refractivity contribution < 1.29 is 9.59 Å². The number of rotatable bonds is 12. The predicted molar refractivity (Wildman–Crippen MR) is 107 cm³/mol. The Morgan fingerprint density at radius 2 is 1.92 bits per heavy atom. The standard InChI is InChI=1S/C18H26N4O2S2/c1-2-3-4-5-6-7-8-16-21-22-18(26-16)20-15(23)9-11-19-17(24)14-10-12-25-13-14/h10,12-13H,2-9,11H2,1H3,(H,19,24)(H,20,22,23). The Kier molecular flexibility index (Phi) is 9.27. The van der Waals surface area contributed by atoms with E-state index in [2.05, 4.69) is 27.8 Å². The van der Waals surface area contributed by atoms with Crippen LogP contribution in [0.4, 0.5) is 5.13 Å². The van der Waals surface area contributed by atoms with Crippen LogP contribution in [0.1, 0.15) is 67.2 Å². The molecule has 142 valence electrons. The number of anilines is 1. The second-order valence-corrected chi connectivity index (χ2v) is 7.93. The molecule has 0 fully saturated rings. The van der Waals surface area contributed by atoms with Crippen molar-refractivity contribution in [2.75, 3.05) is 11.9 Å². The summed E-state index contributed by atoms with van der Waals surface area (Å²) in [6.45, 7) is 2.51.